The van der Waals surface area contributed by atoms with E-state index < -0.39 is 80.9 Å². The minimum absolute atomic E-state index is 0.130. The average Bonchev–Trinajstić information content (AvgIpc) is 3.04. The van der Waals surface area contributed by atoms with E-state index in [9.17, 15) is 32.8 Å². The van der Waals surface area contributed by atoms with Crippen LogP contribution in [0.1, 0.15) is 27.2 Å². The zero-order valence-electron chi connectivity index (χ0n) is 21.0. The van der Waals surface area contributed by atoms with Crippen LogP contribution >= 0.6 is 7.75 Å². The number of halogens is 4. The van der Waals surface area contributed by atoms with Crippen molar-refractivity contribution >= 4 is 25.4 Å². The Bertz CT molecular complexity index is 1150. The van der Waals surface area contributed by atoms with Crippen molar-refractivity contribution in [3.63, 3.8) is 0 Å². The Morgan fingerprint density at radius 3 is 2.44 bits per heavy atom. The summed E-state index contributed by atoms with van der Waals surface area (Å²) in [6, 6.07) is 5.67. The molecule has 39 heavy (non-hydrogen) atoms. The monoisotopic (exact) mass is 582 g/mol. The first-order valence-corrected chi connectivity index (χ1v) is 13.2. The fraction of sp³-hybridized carbons (Fsp3) is 0.522. The fourth-order valence-corrected chi connectivity index (χ4v) is 5.20. The zero-order valence-corrected chi connectivity index (χ0v) is 21.9. The van der Waals surface area contributed by atoms with Crippen LogP contribution < -0.4 is 9.61 Å². The quantitative estimate of drug-likeness (QED) is 0.173. The van der Waals surface area contributed by atoms with E-state index in [0.29, 0.717) is 4.90 Å². The lowest BCUT2D eigenvalue weighted by atomic mass is 9.95. The first kappa shape index (κ1) is 30.7. The number of ether oxygens (including phenoxy) is 2. The maximum Gasteiger partial charge on any atom is 0.459 e. The van der Waals surface area contributed by atoms with Gasteiger partial charge < -0.3 is 19.1 Å². The number of aliphatic hydroxyl groups excluding tert-OH is 1. The van der Waals surface area contributed by atoms with Crippen molar-refractivity contribution in [1.82, 2.24) is 9.99 Å². The molecule has 216 valence electrons. The molecular weight excluding hydrogens is 555 g/mol. The standard InChI is InChI=1S/C23H27F4N2O9P/c1-13(2)36-20(33)14(3)28-39(34,38-16-7-5-4-6-8-16)35-12-22(21(24)25)23(26,27)18(32)19(37-22)29-10-9-15(30)11-17(29)31/h4-10,13-14,18-19,21,32H,11-12H2,1-3H3,(H,28,34)/t14-,18-,19+,22-,39?/m0/s1. The van der Waals surface area contributed by atoms with Gasteiger partial charge in [0, 0.05) is 6.20 Å². The third kappa shape index (κ3) is 6.49. The minimum atomic E-state index is -4.90. The molecule has 1 saturated heterocycles. The van der Waals surface area contributed by atoms with Gasteiger partial charge in [0.1, 0.15) is 11.8 Å². The highest BCUT2D eigenvalue weighted by atomic mass is 31.2. The van der Waals surface area contributed by atoms with Gasteiger partial charge >= 0.3 is 19.6 Å². The van der Waals surface area contributed by atoms with Gasteiger partial charge in [0.25, 0.3) is 6.43 Å². The molecule has 2 aliphatic heterocycles. The fourth-order valence-electron chi connectivity index (χ4n) is 3.67. The third-order valence-electron chi connectivity index (χ3n) is 5.67. The smallest absolute Gasteiger partial charge is 0.459 e. The Morgan fingerprint density at radius 1 is 1.23 bits per heavy atom. The van der Waals surface area contributed by atoms with E-state index >= 15 is 8.78 Å². The average molecular weight is 582 g/mol. The number of alkyl halides is 4. The van der Waals surface area contributed by atoms with Gasteiger partial charge in [0.15, 0.2) is 18.1 Å². The van der Waals surface area contributed by atoms with Crippen LogP contribution in [-0.2, 0) is 32.9 Å². The number of rotatable bonds is 11. The number of allylic oxidation sites excluding steroid dienone is 1. The molecule has 2 N–H and O–H groups in total. The van der Waals surface area contributed by atoms with Crippen LogP contribution in [0.15, 0.2) is 42.6 Å². The van der Waals surface area contributed by atoms with Crippen LogP contribution in [0.3, 0.4) is 0 Å². The molecule has 16 heteroatoms. The van der Waals surface area contributed by atoms with Gasteiger partial charge in [-0.3, -0.25) is 23.8 Å². The van der Waals surface area contributed by atoms with Crippen molar-refractivity contribution in [3.05, 3.63) is 42.6 Å². The molecule has 1 aromatic carbocycles. The third-order valence-corrected chi connectivity index (χ3v) is 7.30. The molecule has 0 saturated carbocycles. The molecular formula is C23H27F4N2O9P. The van der Waals surface area contributed by atoms with E-state index in [-0.39, 0.29) is 5.75 Å². The molecule has 0 aliphatic carbocycles. The van der Waals surface area contributed by atoms with Gasteiger partial charge in [0.05, 0.1) is 19.1 Å². The van der Waals surface area contributed by atoms with Gasteiger partial charge in [-0.2, -0.15) is 13.9 Å². The molecule has 0 radical (unpaired) electrons. The zero-order chi connectivity index (χ0) is 29.2. The van der Waals surface area contributed by atoms with Crippen LogP contribution in [0.5, 0.6) is 5.75 Å². The number of benzene rings is 1. The van der Waals surface area contributed by atoms with E-state index in [4.69, 9.17) is 18.5 Å². The molecule has 1 unspecified atom stereocenters. The molecule has 11 nitrogen and oxygen atoms in total. The van der Waals surface area contributed by atoms with Crippen molar-refractivity contribution in [2.45, 2.75) is 69.6 Å². The maximum atomic E-state index is 15.3. The van der Waals surface area contributed by atoms with Gasteiger partial charge in [-0.05, 0) is 39.0 Å². The Balaban J connectivity index is 1.92. The lowest BCUT2D eigenvalue weighted by Crippen LogP contribution is -2.57. The van der Waals surface area contributed by atoms with Crippen LogP contribution in [0.4, 0.5) is 17.6 Å². The summed E-state index contributed by atoms with van der Waals surface area (Å²) in [6.07, 6.45) is -9.15. The van der Waals surface area contributed by atoms with Gasteiger partial charge in [-0.1, -0.05) is 18.2 Å². The van der Waals surface area contributed by atoms with Gasteiger partial charge in [-0.15, -0.1) is 0 Å². The van der Waals surface area contributed by atoms with Crippen molar-refractivity contribution in [1.29, 1.82) is 0 Å². The topological polar surface area (TPSA) is 141 Å². The normalized spacial score (nSPS) is 27.1. The van der Waals surface area contributed by atoms with Gasteiger partial charge in [0.2, 0.25) is 11.5 Å². The molecule has 3 rings (SSSR count). The van der Waals surface area contributed by atoms with E-state index in [0.717, 1.165) is 12.3 Å². The van der Waals surface area contributed by atoms with Crippen LogP contribution in [-0.4, -0.2) is 76.7 Å². The first-order valence-electron chi connectivity index (χ1n) is 11.6. The number of ketones is 1. The molecule has 1 fully saturated rings. The first-order chi connectivity index (χ1) is 18.1. The van der Waals surface area contributed by atoms with Crippen molar-refractivity contribution in [3.8, 4) is 5.75 Å². The molecule has 1 aromatic rings. The highest BCUT2D eigenvalue weighted by Crippen LogP contribution is 2.53. The molecule has 1 amide bonds. The van der Waals surface area contributed by atoms with Crippen LogP contribution in [0.25, 0.3) is 0 Å². The second-order valence-electron chi connectivity index (χ2n) is 9.04. The van der Waals surface area contributed by atoms with E-state index in [1.54, 1.807) is 6.07 Å². The lowest BCUT2D eigenvalue weighted by molar-refractivity contribution is -0.243. The predicted octanol–water partition coefficient (Wildman–Crippen LogP) is 2.79. The molecule has 0 bridgehead atoms. The Hall–Kier alpha value is -2.84. The number of hydrogen-bond donors (Lipinski definition) is 2. The number of hydrogen-bond acceptors (Lipinski definition) is 9. The van der Waals surface area contributed by atoms with E-state index in [1.807, 2.05) is 0 Å². The second-order valence-corrected chi connectivity index (χ2v) is 10.7. The van der Waals surface area contributed by atoms with Crippen molar-refractivity contribution < 1.29 is 60.1 Å². The summed E-state index contributed by atoms with van der Waals surface area (Å²) in [5.74, 6) is -7.58. The summed E-state index contributed by atoms with van der Waals surface area (Å²) in [7, 11) is -4.90. The second kappa shape index (κ2) is 11.7. The SMILES string of the molecule is CC(C)OC(=O)[C@H](C)NP(=O)(OC[C@@]1(C(F)F)O[C@@H](N2C=CC(=O)CC2=O)[C@H](O)C1(F)F)Oc1ccccc1. The van der Waals surface area contributed by atoms with Crippen LogP contribution in [0.2, 0.25) is 0 Å². The Labute approximate surface area is 220 Å². The largest absolute Gasteiger partial charge is 0.462 e. The van der Waals surface area contributed by atoms with Crippen molar-refractivity contribution in [2.75, 3.05) is 6.61 Å². The number of aliphatic hydroxyl groups is 1. The lowest BCUT2D eigenvalue weighted by Gasteiger charge is -2.34. The summed E-state index contributed by atoms with van der Waals surface area (Å²) >= 11 is 0. The number of esters is 1. The van der Waals surface area contributed by atoms with Crippen LogP contribution in [0, 0.1) is 0 Å². The number of amides is 1. The molecule has 2 aliphatic rings. The number of carbonyl (C=O) groups excluding carboxylic acids is 3. The van der Waals surface area contributed by atoms with E-state index in [1.165, 1.54) is 45.0 Å². The van der Waals surface area contributed by atoms with Gasteiger partial charge in [-0.25, -0.2) is 13.3 Å². The summed E-state index contributed by atoms with van der Waals surface area (Å²) in [5.41, 5.74) is -3.92. The number of carbonyl (C=O) groups is 3. The molecule has 2 heterocycles. The number of nitrogens with zero attached hydrogens (tertiary/aromatic N) is 1. The summed E-state index contributed by atoms with van der Waals surface area (Å²) < 4.78 is 92.9. The maximum absolute atomic E-state index is 15.3. The van der Waals surface area contributed by atoms with E-state index in [2.05, 4.69) is 5.09 Å². The Kier molecular flexibility index (Phi) is 9.23. The molecule has 5 atom stereocenters. The molecule has 0 spiro atoms. The minimum Gasteiger partial charge on any atom is -0.462 e. The number of nitrogens with one attached hydrogen (secondary N) is 1. The summed E-state index contributed by atoms with van der Waals surface area (Å²) in [6.45, 7) is 2.44. The summed E-state index contributed by atoms with van der Waals surface area (Å²) in [4.78, 5) is 36.3. The number of para-hydroxylation sites is 1. The highest BCUT2D eigenvalue weighted by Gasteiger charge is 2.74. The predicted molar refractivity (Wildman–Crippen MR) is 125 cm³/mol. The Morgan fingerprint density at radius 2 is 1.87 bits per heavy atom. The van der Waals surface area contributed by atoms with Crippen molar-refractivity contribution in [2.24, 2.45) is 0 Å². The highest BCUT2D eigenvalue weighted by molar-refractivity contribution is 7.52. The summed E-state index contributed by atoms with van der Waals surface area (Å²) in [5, 5.41) is 12.4. The molecule has 0 aromatic heterocycles.